The van der Waals surface area contributed by atoms with Crippen molar-refractivity contribution in [2.45, 2.75) is 19.9 Å². The maximum Gasteiger partial charge on any atom is 0.191 e. The predicted octanol–water partition coefficient (Wildman–Crippen LogP) is 2.99. The van der Waals surface area contributed by atoms with Crippen LogP contribution >= 0.6 is 35.3 Å². The van der Waals surface area contributed by atoms with Crippen LogP contribution in [0.4, 0.5) is 0 Å². The third-order valence-electron chi connectivity index (χ3n) is 3.35. The van der Waals surface area contributed by atoms with Crippen molar-refractivity contribution in [2.24, 2.45) is 4.99 Å². The molecule has 1 aromatic carbocycles. The van der Waals surface area contributed by atoms with Crippen LogP contribution in [0, 0.1) is 6.92 Å². The highest BCUT2D eigenvalue weighted by Crippen LogP contribution is 2.12. The van der Waals surface area contributed by atoms with Crippen molar-refractivity contribution in [3.05, 3.63) is 45.9 Å². The van der Waals surface area contributed by atoms with Crippen LogP contribution in [-0.2, 0) is 13.0 Å². The van der Waals surface area contributed by atoms with Crippen molar-refractivity contribution in [1.29, 1.82) is 0 Å². The summed E-state index contributed by atoms with van der Waals surface area (Å²) in [5.74, 6) is 1.69. The summed E-state index contributed by atoms with van der Waals surface area (Å²) in [5, 5.41) is 6.63. The van der Waals surface area contributed by atoms with Crippen molar-refractivity contribution in [1.82, 2.24) is 15.6 Å². The minimum absolute atomic E-state index is 0. The zero-order valence-corrected chi connectivity index (χ0v) is 16.8. The summed E-state index contributed by atoms with van der Waals surface area (Å²) in [6.07, 6.45) is 0.935. The van der Waals surface area contributed by atoms with E-state index >= 15 is 0 Å². The molecule has 0 amide bonds. The van der Waals surface area contributed by atoms with E-state index < -0.39 is 0 Å². The van der Waals surface area contributed by atoms with Crippen molar-refractivity contribution >= 4 is 41.3 Å². The minimum Gasteiger partial charge on any atom is -0.497 e. The molecule has 0 unspecified atom stereocenters. The molecule has 0 saturated carbocycles. The lowest BCUT2D eigenvalue weighted by atomic mass is 10.1. The molecule has 7 heteroatoms. The Kier molecular flexibility index (Phi) is 8.93. The molecule has 1 heterocycles. The zero-order valence-electron chi connectivity index (χ0n) is 13.6. The number of methoxy groups -OCH3 is 1. The van der Waals surface area contributed by atoms with Gasteiger partial charge in [0.25, 0.3) is 0 Å². The normalized spacial score (nSPS) is 10.8. The molecule has 0 atom stereocenters. The van der Waals surface area contributed by atoms with Gasteiger partial charge in [-0.2, -0.15) is 0 Å². The highest BCUT2D eigenvalue weighted by molar-refractivity contribution is 14.0. The van der Waals surface area contributed by atoms with Gasteiger partial charge in [0.2, 0.25) is 0 Å². The quantitative estimate of drug-likeness (QED) is 0.407. The molecule has 0 aliphatic heterocycles. The van der Waals surface area contributed by atoms with E-state index in [2.05, 4.69) is 32.7 Å². The summed E-state index contributed by atoms with van der Waals surface area (Å²) in [5.41, 5.74) is 4.21. The van der Waals surface area contributed by atoms with E-state index in [0.717, 1.165) is 36.9 Å². The molecule has 2 N–H and O–H groups in total. The lowest BCUT2D eigenvalue weighted by Gasteiger charge is -2.11. The second-order valence-electron chi connectivity index (χ2n) is 4.81. The first-order valence-electron chi connectivity index (χ1n) is 7.19. The monoisotopic (exact) mass is 446 g/mol. The molecule has 0 aliphatic rings. The van der Waals surface area contributed by atoms with Gasteiger partial charge >= 0.3 is 0 Å². The molecule has 0 bridgehead atoms. The predicted molar refractivity (Wildman–Crippen MR) is 107 cm³/mol. The van der Waals surface area contributed by atoms with E-state index in [1.807, 2.05) is 24.6 Å². The second kappa shape index (κ2) is 10.4. The van der Waals surface area contributed by atoms with Crippen LogP contribution in [0.25, 0.3) is 0 Å². The van der Waals surface area contributed by atoms with Gasteiger partial charge in [-0.15, -0.1) is 35.3 Å². The number of aryl methyl sites for hydroxylation is 1. The maximum absolute atomic E-state index is 5.16. The molecule has 2 rings (SSSR count). The highest BCUT2D eigenvalue weighted by atomic mass is 127. The molecule has 2 aromatic rings. The van der Waals surface area contributed by atoms with Crippen molar-refractivity contribution in [3.63, 3.8) is 0 Å². The number of benzene rings is 1. The van der Waals surface area contributed by atoms with E-state index in [1.165, 1.54) is 10.4 Å². The number of aliphatic imine (C=N–C) groups is 1. The van der Waals surface area contributed by atoms with E-state index in [4.69, 9.17) is 4.74 Å². The fourth-order valence-electron chi connectivity index (χ4n) is 2.00. The molecule has 0 radical (unpaired) electrons. The third-order valence-corrected chi connectivity index (χ3v) is 4.29. The number of rotatable bonds is 6. The van der Waals surface area contributed by atoms with Gasteiger partial charge in [0, 0.05) is 18.5 Å². The Hall–Kier alpha value is -1.35. The third kappa shape index (κ3) is 6.34. The van der Waals surface area contributed by atoms with Crippen LogP contribution in [0.2, 0.25) is 0 Å². The summed E-state index contributed by atoms with van der Waals surface area (Å²) in [6.45, 7) is 3.60. The van der Waals surface area contributed by atoms with E-state index in [-0.39, 0.29) is 24.0 Å². The fraction of sp³-hybridized carbons (Fsp3) is 0.375. The van der Waals surface area contributed by atoms with Crippen molar-refractivity contribution in [2.75, 3.05) is 20.7 Å². The Balaban J connectivity index is 0.00000264. The Morgan fingerprint density at radius 1 is 1.26 bits per heavy atom. The van der Waals surface area contributed by atoms with E-state index in [1.54, 1.807) is 25.5 Å². The van der Waals surface area contributed by atoms with Crippen LogP contribution in [-0.4, -0.2) is 31.6 Å². The summed E-state index contributed by atoms with van der Waals surface area (Å²) in [6, 6.07) is 8.12. The number of nitrogens with one attached hydrogen (secondary N) is 2. The molecule has 23 heavy (non-hydrogen) atoms. The standard InChI is InChI=1S/C16H22N4OS.HI/c1-12-15(22-11-20-12)10-19-16(17-2)18-9-8-13-4-6-14(21-3)7-5-13;/h4-7,11H,8-10H2,1-3H3,(H2,17,18,19);1H. The van der Waals surface area contributed by atoms with Gasteiger partial charge < -0.3 is 15.4 Å². The second-order valence-corrected chi connectivity index (χ2v) is 5.75. The number of hydrogen-bond donors (Lipinski definition) is 2. The average molecular weight is 446 g/mol. The molecular formula is C16H23IN4OS. The van der Waals surface area contributed by atoms with Gasteiger partial charge in [0.05, 0.1) is 24.9 Å². The first-order valence-corrected chi connectivity index (χ1v) is 8.07. The van der Waals surface area contributed by atoms with Gasteiger partial charge in [-0.1, -0.05) is 12.1 Å². The molecule has 126 valence electrons. The SMILES string of the molecule is CN=C(NCCc1ccc(OC)cc1)NCc1scnc1C.I. The summed E-state index contributed by atoms with van der Waals surface area (Å²) in [7, 11) is 3.46. The van der Waals surface area contributed by atoms with Crippen LogP contribution in [0.1, 0.15) is 16.1 Å². The Morgan fingerprint density at radius 2 is 2.00 bits per heavy atom. The first kappa shape index (κ1) is 19.7. The summed E-state index contributed by atoms with van der Waals surface area (Å²) < 4.78 is 5.16. The van der Waals surface area contributed by atoms with Crippen molar-refractivity contribution in [3.8, 4) is 5.75 Å². The molecule has 0 spiro atoms. The summed E-state index contributed by atoms with van der Waals surface area (Å²) in [4.78, 5) is 9.71. The highest BCUT2D eigenvalue weighted by Gasteiger charge is 2.03. The average Bonchev–Trinajstić information content (AvgIpc) is 2.96. The van der Waals surface area contributed by atoms with E-state index in [0.29, 0.717) is 0 Å². The number of ether oxygens (including phenoxy) is 1. The minimum atomic E-state index is 0. The number of thiazole rings is 1. The van der Waals surface area contributed by atoms with Crippen LogP contribution in [0.3, 0.4) is 0 Å². The first-order chi connectivity index (χ1) is 10.7. The number of hydrogen-bond acceptors (Lipinski definition) is 4. The van der Waals surface area contributed by atoms with Gasteiger partial charge in [-0.3, -0.25) is 4.99 Å². The topological polar surface area (TPSA) is 58.5 Å². The van der Waals surface area contributed by atoms with Gasteiger partial charge in [-0.05, 0) is 31.0 Å². The van der Waals surface area contributed by atoms with E-state index in [9.17, 15) is 0 Å². The Labute approximate surface area is 158 Å². The number of nitrogens with zero attached hydrogens (tertiary/aromatic N) is 2. The van der Waals surface area contributed by atoms with Crippen LogP contribution in [0.15, 0.2) is 34.8 Å². The van der Waals surface area contributed by atoms with Gasteiger partial charge in [0.1, 0.15) is 5.75 Å². The molecule has 0 fully saturated rings. The molecule has 0 saturated heterocycles. The number of halogens is 1. The zero-order chi connectivity index (χ0) is 15.8. The maximum atomic E-state index is 5.16. The number of aromatic nitrogens is 1. The molecular weight excluding hydrogens is 423 g/mol. The molecule has 1 aromatic heterocycles. The van der Waals surface area contributed by atoms with Gasteiger partial charge in [0.15, 0.2) is 5.96 Å². The summed E-state index contributed by atoms with van der Waals surface area (Å²) >= 11 is 1.66. The van der Waals surface area contributed by atoms with Crippen LogP contribution in [0.5, 0.6) is 5.75 Å². The van der Waals surface area contributed by atoms with Gasteiger partial charge in [-0.25, -0.2) is 4.98 Å². The lowest BCUT2D eigenvalue weighted by Crippen LogP contribution is -2.37. The number of guanidine groups is 1. The Morgan fingerprint density at radius 3 is 2.57 bits per heavy atom. The molecule has 5 nitrogen and oxygen atoms in total. The van der Waals surface area contributed by atoms with Crippen molar-refractivity contribution < 1.29 is 4.74 Å². The Bertz CT molecular complexity index is 613. The largest absolute Gasteiger partial charge is 0.497 e. The molecule has 0 aliphatic carbocycles. The fourth-order valence-corrected chi connectivity index (χ4v) is 2.71. The smallest absolute Gasteiger partial charge is 0.191 e. The lowest BCUT2D eigenvalue weighted by molar-refractivity contribution is 0.414. The van der Waals surface area contributed by atoms with Crippen LogP contribution < -0.4 is 15.4 Å².